The van der Waals surface area contributed by atoms with Crippen LogP contribution in [0.5, 0.6) is 17.2 Å². The number of rotatable bonds is 8. The van der Waals surface area contributed by atoms with Crippen LogP contribution in [-0.4, -0.2) is 63.7 Å². The Hall–Kier alpha value is -3.03. The van der Waals surface area contributed by atoms with Crippen molar-refractivity contribution in [2.24, 2.45) is 5.92 Å². The van der Waals surface area contributed by atoms with Crippen LogP contribution in [0.4, 0.5) is 0 Å². The molecule has 4 aliphatic rings. The Morgan fingerprint density at radius 3 is 2.83 bits per heavy atom. The summed E-state index contributed by atoms with van der Waals surface area (Å²) < 4.78 is 29.3. The molecule has 0 aromatic heterocycles. The fraction of sp³-hybridized carbons (Fsp3) is 0.483. The molecule has 5 atom stereocenters. The predicted octanol–water partition coefficient (Wildman–Crippen LogP) is 3.67. The summed E-state index contributed by atoms with van der Waals surface area (Å²) in [6.45, 7) is 1.13. The summed E-state index contributed by atoms with van der Waals surface area (Å²) in [5.41, 5.74) is 3.32. The van der Waals surface area contributed by atoms with Gasteiger partial charge >= 0.3 is 5.97 Å². The quantitative estimate of drug-likeness (QED) is 0.317. The number of hydrogen-bond donors (Lipinski definition) is 0. The molecule has 2 heterocycles. The zero-order chi connectivity index (χ0) is 24.9. The minimum Gasteiger partial charge on any atom is -0.496 e. The molecule has 1 spiro atoms. The molecule has 2 aliphatic carbocycles. The van der Waals surface area contributed by atoms with Gasteiger partial charge in [-0.1, -0.05) is 30.3 Å². The Kier molecular flexibility index (Phi) is 5.92. The van der Waals surface area contributed by atoms with Gasteiger partial charge in [-0.3, -0.25) is 4.79 Å². The maximum Gasteiger partial charge on any atom is 0.306 e. The summed E-state index contributed by atoms with van der Waals surface area (Å²) in [6.07, 6.45) is 6.35. The van der Waals surface area contributed by atoms with Gasteiger partial charge in [-0.25, -0.2) is 0 Å². The molecular weight excluding hydrogens is 458 g/mol. The van der Waals surface area contributed by atoms with Crippen molar-refractivity contribution in [3.05, 3.63) is 65.2 Å². The average Bonchev–Trinajstić information content (AvgIpc) is 3.25. The molecule has 0 saturated carbocycles. The van der Waals surface area contributed by atoms with Gasteiger partial charge < -0.3 is 28.6 Å². The van der Waals surface area contributed by atoms with Gasteiger partial charge in [0.2, 0.25) is 0 Å². The van der Waals surface area contributed by atoms with Crippen LogP contribution >= 0.6 is 0 Å². The molecule has 190 valence electrons. The topological polar surface area (TPSA) is 66.5 Å². The van der Waals surface area contributed by atoms with E-state index in [4.69, 9.17) is 23.7 Å². The first-order chi connectivity index (χ1) is 17.6. The summed E-state index contributed by atoms with van der Waals surface area (Å²) in [4.78, 5) is 15.5. The van der Waals surface area contributed by atoms with Crippen molar-refractivity contribution in [2.75, 3.05) is 34.6 Å². The molecule has 2 aliphatic heterocycles. The maximum absolute atomic E-state index is 13.0. The van der Waals surface area contributed by atoms with Gasteiger partial charge in [-0.2, -0.15) is 0 Å². The number of carbonyl (C=O) groups excluding carboxylic acids is 1. The van der Waals surface area contributed by atoms with E-state index in [1.54, 1.807) is 14.2 Å². The van der Waals surface area contributed by atoms with E-state index in [0.29, 0.717) is 24.1 Å². The first-order valence-electron chi connectivity index (χ1n) is 12.7. The largest absolute Gasteiger partial charge is 0.496 e. The molecule has 36 heavy (non-hydrogen) atoms. The number of hydrogen-bond acceptors (Lipinski definition) is 7. The van der Waals surface area contributed by atoms with Gasteiger partial charge in [-0.15, -0.1) is 0 Å². The number of esters is 1. The number of ether oxygens (including phenoxy) is 5. The van der Waals surface area contributed by atoms with Gasteiger partial charge in [0.1, 0.15) is 11.9 Å². The van der Waals surface area contributed by atoms with Crippen molar-refractivity contribution in [2.45, 2.75) is 49.3 Å². The highest BCUT2D eigenvalue weighted by molar-refractivity contribution is 5.71. The van der Waals surface area contributed by atoms with Gasteiger partial charge in [0.15, 0.2) is 24.4 Å². The number of methoxy groups -OCH3 is 2. The summed E-state index contributed by atoms with van der Waals surface area (Å²) in [7, 11) is 5.47. The molecule has 2 aromatic rings. The number of likely N-dealkylation sites (tertiary alicyclic amines) is 1. The smallest absolute Gasteiger partial charge is 0.306 e. The van der Waals surface area contributed by atoms with Crippen molar-refractivity contribution in [1.29, 1.82) is 0 Å². The van der Waals surface area contributed by atoms with Crippen molar-refractivity contribution < 1.29 is 28.5 Å². The van der Waals surface area contributed by atoms with Crippen molar-refractivity contribution in [3.8, 4) is 17.2 Å². The number of aryl methyl sites for hydroxylation is 1. The molecule has 1 fully saturated rings. The minimum atomic E-state index is -0.455. The normalized spacial score (nSPS) is 29.3. The van der Waals surface area contributed by atoms with Crippen LogP contribution in [0.2, 0.25) is 0 Å². The molecule has 0 amide bonds. The number of piperidine rings is 1. The van der Waals surface area contributed by atoms with Crippen LogP contribution < -0.4 is 14.2 Å². The molecule has 2 aromatic carbocycles. The molecule has 0 radical (unpaired) electrons. The Morgan fingerprint density at radius 2 is 2.00 bits per heavy atom. The predicted molar refractivity (Wildman–Crippen MR) is 134 cm³/mol. The molecule has 1 saturated heterocycles. The highest BCUT2D eigenvalue weighted by Gasteiger charge is 2.65. The van der Waals surface area contributed by atoms with E-state index in [0.717, 1.165) is 36.4 Å². The van der Waals surface area contributed by atoms with Gasteiger partial charge in [0.05, 0.1) is 7.11 Å². The third kappa shape index (κ3) is 3.51. The lowest BCUT2D eigenvalue weighted by molar-refractivity contribution is -0.154. The van der Waals surface area contributed by atoms with Crippen molar-refractivity contribution in [3.63, 3.8) is 0 Å². The first-order valence-corrected chi connectivity index (χ1v) is 12.7. The molecule has 7 heteroatoms. The monoisotopic (exact) mass is 491 g/mol. The number of carbonyl (C=O) groups is 1. The lowest BCUT2D eigenvalue weighted by Gasteiger charge is -2.56. The lowest BCUT2D eigenvalue weighted by atomic mass is 9.53. The van der Waals surface area contributed by atoms with Crippen molar-refractivity contribution in [1.82, 2.24) is 4.90 Å². The maximum atomic E-state index is 13.0. The lowest BCUT2D eigenvalue weighted by Crippen LogP contribution is -2.65. The Bertz CT molecular complexity index is 1190. The van der Waals surface area contributed by atoms with Gasteiger partial charge in [0, 0.05) is 36.5 Å². The highest BCUT2D eigenvalue weighted by atomic mass is 16.7. The molecule has 6 rings (SSSR count). The summed E-state index contributed by atoms with van der Waals surface area (Å²) in [5.74, 6) is 2.34. The Labute approximate surface area is 211 Å². The highest BCUT2D eigenvalue weighted by Crippen LogP contribution is 2.62. The Balaban J connectivity index is 1.29. The van der Waals surface area contributed by atoms with E-state index in [9.17, 15) is 4.79 Å². The Morgan fingerprint density at radius 1 is 1.14 bits per heavy atom. The van der Waals surface area contributed by atoms with Gasteiger partial charge in [0.25, 0.3) is 0 Å². The summed E-state index contributed by atoms with van der Waals surface area (Å²) in [5, 5.41) is 0. The standard InChI is InChI=1S/C29H33NO6/c1-30-15-14-29-20-10-12-24(35-25(31)13-9-18-6-4-5-7-22(18)33-3)28(29)36-27-23(34-17-32-2)11-8-19(26(27)29)16-21(20)30/h4-8,10-12,20-21,24,28H,9,13-17H2,1-3H3/t20-,21+,24?,28?,29-/m0/s1. The van der Waals surface area contributed by atoms with Crippen molar-refractivity contribution >= 4 is 5.97 Å². The molecular formula is C29H33NO6. The third-order valence-electron chi connectivity index (χ3n) is 8.51. The van der Waals surface area contributed by atoms with E-state index in [1.165, 1.54) is 11.1 Å². The van der Waals surface area contributed by atoms with E-state index in [-0.39, 0.29) is 30.7 Å². The molecule has 7 nitrogen and oxygen atoms in total. The summed E-state index contributed by atoms with van der Waals surface area (Å²) >= 11 is 0. The van der Waals surface area contributed by atoms with E-state index >= 15 is 0 Å². The average molecular weight is 492 g/mol. The number of nitrogens with zero attached hydrogens (tertiary/aromatic N) is 1. The third-order valence-corrected chi connectivity index (χ3v) is 8.51. The van der Waals surface area contributed by atoms with E-state index < -0.39 is 6.10 Å². The van der Waals surface area contributed by atoms with Crippen LogP contribution in [0.25, 0.3) is 0 Å². The van der Waals surface area contributed by atoms with Crippen LogP contribution in [0, 0.1) is 5.92 Å². The van der Waals surface area contributed by atoms with Crippen LogP contribution in [0.15, 0.2) is 48.6 Å². The van der Waals surface area contributed by atoms with Crippen LogP contribution in [-0.2, 0) is 32.5 Å². The first kappa shape index (κ1) is 23.4. The molecule has 0 N–H and O–H groups in total. The van der Waals surface area contributed by atoms with Crippen LogP contribution in [0.1, 0.15) is 29.5 Å². The van der Waals surface area contributed by atoms with Gasteiger partial charge in [-0.05, 0) is 62.2 Å². The molecule has 2 unspecified atom stereocenters. The molecule has 2 bridgehead atoms. The number of likely N-dealkylation sites (N-methyl/N-ethyl adjacent to an activating group) is 1. The summed E-state index contributed by atoms with van der Waals surface area (Å²) in [6, 6.07) is 12.3. The zero-order valence-corrected chi connectivity index (χ0v) is 21.1. The second kappa shape index (κ2) is 9.12. The second-order valence-electron chi connectivity index (χ2n) is 10.2. The van der Waals surface area contributed by atoms with Crippen LogP contribution in [0.3, 0.4) is 0 Å². The second-order valence-corrected chi connectivity index (χ2v) is 10.2. The fourth-order valence-electron chi connectivity index (χ4n) is 6.90. The van der Waals surface area contributed by atoms with E-state index in [1.807, 2.05) is 36.4 Å². The number of benzene rings is 2. The fourth-order valence-corrected chi connectivity index (χ4v) is 6.90. The van der Waals surface area contributed by atoms with E-state index in [2.05, 4.69) is 24.1 Å². The zero-order valence-electron chi connectivity index (χ0n) is 21.1. The minimum absolute atomic E-state index is 0.154. The number of para-hydroxylation sites is 1. The SMILES string of the molecule is COCOc1ccc2c3c1OC1C(OC(=O)CCc4ccccc4OC)C=C[C@H]4[C@@H](C2)N(C)CC[C@]314.